The molecule has 0 amide bonds. The first-order valence-corrected chi connectivity index (χ1v) is 6.77. The molecule has 2 aromatic rings. The Morgan fingerprint density at radius 1 is 1.33 bits per heavy atom. The largest absolute Gasteiger partial charge is 0.338 e. The predicted octanol–water partition coefficient (Wildman–Crippen LogP) is 2.55. The molecule has 92 valence electrons. The van der Waals surface area contributed by atoms with Gasteiger partial charge < -0.3 is 0 Å². The van der Waals surface area contributed by atoms with Crippen LogP contribution in [0, 0.1) is 0 Å². The molecule has 0 saturated carbocycles. The van der Waals surface area contributed by atoms with E-state index < -0.39 is 11.3 Å². The highest BCUT2D eigenvalue weighted by atomic mass is 35.5. The van der Waals surface area contributed by atoms with Gasteiger partial charge in [0.1, 0.15) is 0 Å². The van der Waals surface area contributed by atoms with E-state index in [9.17, 15) is 4.21 Å². The number of nitrogens with zero attached hydrogens (tertiary/aromatic N) is 1. The van der Waals surface area contributed by atoms with Crippen LogP contribution in [-0.4, -0.2) is 10.0 Å². The average molecular weight is 281 g/mol. The number of hydrogen-bond acceptors (Lipinski definition) is 3. The van der Waals surface area contributed by atoms with Crippen molar-refractivity contribution in [2.45, 2.75) is 6.42 Å². The van der Waals surface area contributed by atoms with Crippen LogP contribution in [0.15, 0.2) is 41.6 Å². The summed E-state index contributed by atoms with van der Waals surface area (Å²) < 4.78 is 18.2. The van der Waals surface area contributed by atoms with E-state index in [0.29, 0.717) is 12.3 Å². The molecule has 0 fully saturated rings. The summed E-state index contributed by atoms with van der Waals surface area (Å²) in [4.78, 5) is 0. The zero-order chi connectivity index (χ0) is 12.5. The van der Waals surface area contributed by atoms with Crippen molar-refractivity contribution in [1.82, 2.24) is 4.72 Å². The Morgan fingerprint density at radius 3 is 3.00 bits per heavy atom. The van der Waals surface area contributed by atoms with Gasteiger partial charge in [-0.25, -0.2) is 0 Å². The Morgan fingerprint density at radius 2 is 2.22 bits per heavy atom. The molecular formula is C12H9ClN2O2S. The van der Waals surface area contributed by atoms with Crippen molar-refractivity contribution in [3.05, 3.63) is 47.0 Å². The summed E-state index contributed by atoms with van der Waals surface area (Å²) >= 11 is 4.61. The van der Waals surface area contributed by atoms with Crippen LogP contribution >= 0.6 is 11.6 Å². The molecule has 2 aromatic carbocycles. The lowest BCUT2D eigenvalue weighted by Crippen LogP contribution is -2.21. The standard InChI is InChI=1S/C12H9ClN2O2S/c13-11-3-1-2-9-5-4-8(6-10(9)11)7-12-14-17-18(16)15-12/h1-6H,7H2,(H,14,15). The molecule has 3 rings (SSSR count). The molecule has 0 radical (unpaired) electrons. The lowest BCUT2D eigenvalue weighted by atomic mass is 10.0. The van der Waals surface area contributed by atoms with Crippen molar-refractivity contribution in [3.8, 4) is 0 Å². The van der Waals surface area contributed by atoms with E-state index >= 15 is 0 Å². The topological polar surface area (TPSA) is 50.7 Å². The monoisotopic (exact) mass is 280 g/mol. The molecule has 1 N–H and O–H groups in total. The van der Waals surface area contributed by atoms with Gasteiger partial charge in [-0.2, -0.15) is 4.21 Å². The summed E-state index contributed by atoms with van der Waals surface area (Å²) in [6.07, 6.45) is 0.535. The Balaban J connectivity index is 1.94. The van der Waals surface area contributed by atoms with Gasteiger partial charge in [-0.15, -0.1) is 0 Å². The van der Waals surface area contributed by atoms with Gasteiger partial charge in [0, 0.05) is 16.8 Å². The van der Waals surface area contributed by atoms with Gasteiger partial charge in [0.2, 0.25) is 0 Å². The Labute approximate surface area is 111 Å². The van der Waals surface area contributed by atoms with E-state index in [1.807, 2.05) is 36.4 Å². The van der Waals surface area contributed by atoms with Crippen molar-refractivity contribution >= 4 is 39.5 Å². The molecule has 0 aliphatic carbocycles. The number of hydrogen-bond donors (Lipinski definition) is 1. The second-order valence-electron chi connectivity index (χ2n) is 3.92. The second-order valence-corrected chi connectivity index (χ2v) is 5.15. The first-order valence-electron chi connectivity index (χ1n) is 5.32. The Hall–Kier alpha value is -1.59. The van der Waals surface area contributed by atoms with Gasteiger partial charge in [0.25, 0.3) is 0 Å². The van der Waals surface area contributed by atoms with Crippen molar-refractivity contribution in [1.29, 1.82) is 0 Å². The highest BCUT2D eigenvalue weighted by Crippen LogP contribution is 2.24. The molecule has 1 aliphatic heterocycles. The smallest absolute Gasteiger partial charge is 0.269 e. The quantitative estimate of drug-likeness (QED) is 0.919. The minimum atomic E-state index is -1.54. The fourth-order valence-electron chi connectivity index (χ4n) is 1.87. The van der Waals surface area contributed by atoms with E-state index in [4.69, 9.17) is 11.6 Å². The number of nitrogens with one attached hydrogen (secondary N) is 1. The van der Waals surface area contributed by atoms with Crippen molar-refractivity contribution in [2.24, 2.45) is 5.16 Å². The third kappa shape index (κ3) is 2.19. The minimum Gasteiger partial charge on any atom is -0.269 e. The molecule has 0 saturated heterocycles. The fourth-order valence-corrected chi connectivity index (χ4v) is 2.60. The summed E-state index contributed by atoms with van der Waals surface area (Å²) in [5.74, 6) is 0.555. The van der Waals surface area contributed by atoms with E-state index in [0.717, 1.165) is 21.4 Å². The van der Waals surface area contributed by atoms with Crippen molar-refractivity contribution < 1.29 is 8.49 Å². The van der Waals surface area contributed by atoms with Crippen molar-refractivity contribution in [2.75, 3.05) is 0 Å². The number of amidine groups is 1. The van der Waals surface area contributed by atoms with Crippen LogP contribution in [0.3, 0.4) is 0 Å². The van der Waals surface area contributed by atoms with Gasteiger partial charge in [-0.1, -0.05) is 41.0 Å². The van der Waals surface area contributed by atoms with Gasteiger partial charge in [0.05, 0.1) is 0 Å². The summed E-state index contributed by atoms with van der Waals surface area (Å²) in [5, 5.41) is 6.49. The zero-order valence-corrected chi connectivity index (χ0v) is 10.8. The Bertz CT molecular complexity index is 672. The number of oxime groups is 1. The van der Waals surface area contributed by atoms with Gasteiger partial charge >= 0.3 is 11.3 Å². The molecule has 18 heavy (non-hydrogen) atoms. The molecule has 1 unspecified atom stereocenters. The lowest BCUT2D eigenvalue weighted by Gasteiger charge is -2.04. The molecule has 0 spiro atoms. The highest BCUT2D eigenvalue weighted by molar-refractivity contribution is 7.79. The zero-order valence-electron chi connectivity index (χ0n) is 9.22. The molecule has 1 atom stereocenters. The van der Waals surface area contributed by atoms with Gasteiger partial charge in [-0.05, 0) is 23.1 Å². The summed E-state index contributed by atoms with van der Waals surface area (Å²) in [6, 6.07) is 11.8. The summed E-state index contributed by atoms with van der Waals surface area (Å²) in [5.41, 5.74) is 1.03. The summed E-state index contributed by atoms with van der Waals surface area (Å²) in [6.45, 7) is 0. The maximum absolute atomic E-state index is 11.0. The molecule has 1 heterocycles. The maximum atomic E-state index is 11.0. The van der Waals surface area contributed by atoms with Crippen LogP contribution in [-0.2, 0) is 22.0 Å². The first kappa shape index (κ1) is 11.5. The normalized spacial score (nSPS) is 18.3. The van der Waals surface area contributed by atoms with E-state index in [-0.39, 0.29) is 0 Å². The SMILES string of the molecule is O=S1NC(Cc2ccc3cccc(Cl)c3c2)=NO1. The molecule has 0 bridgehead atoms. The van der Waals surface area contributed by atoms with Crippen LogP contribution in [0.2, 0.25) is 5.02 Å². The minimum absolute atomic E-state index is 0.535. The number of halogens is 1. The molecule has 6 heteroatoms. The van der Waals surface area contributed by atoms with Crippen LogP contribution in [0.25, 0.3) is 10.8 Å². The van der Waals surface area contributed by atoms with Crippen LogP contribution in [0.1, 0.15) is 5.56 Å². The number of fused-ring (bicyclic) bond motifs is 1. The van der Waals surface area contributed by atoms with E-state index in [1.165, 1.54) is 0 Å². The third-order valence-electron chi connectivity index (χ3n) is 2.68. The molecule has 1 aliphatic rings. The van der Waals surface area contributed by atoms with Gasteiger partial charge in [0.15, 0.2) is 5.84 Å². The predicted molar refractivity (Wildman–Crippen MR) is 72.5 cm³/mol. The number of benzene rings is 2. The van der Waals surface area contributed by atoms with Crippen molar-refractivity contribution in [3.63, 3.8) is 0 Å². The summed E-state index contributed by atoms with van der Waals surface area (Å²) in [7, 11) is 0. The van der Waals surface area contributed by atoms with Gasteiger partial charge in [-0.3, -0.25) is 9.01 Å². The maximum Gasteiger partial charge on any atom is 0.338 e. The van der Waals surface area contributed by atoms with Crippen LogP contribution < -0.4 is 4.72 Å². The molecule has 4 nitrogen and oxygen atoms in total. The second kappa shape index (κ2) is 4.59. The van der Waals surface area contributed by atoms with E-state index in [1.54, 1.807) is 0 Å². The van der Waals surface area contributed by atoms with Crippen LogP contribution in [0.5, 0.6) is 0 Å². The molecule has 0 aromatic heterocycles. The van der Waals surface area contributed by atoms with Crippen LogP contribution in [0.4, 0.5) is 0 Å². The van der Waals surface area contributed by atoms with E-state index in [2.05, 4.69) is 14.2 Å². The molecular weight excluding hydrogens is 272 g/mol. The fraction of sp³-hybridized carbons (Fsp3) is 0.0833. The first-order chi connectivity index (χ1) is 8.72. The Kier molecular flexibility index (Phi) is 2.93. The average Bonchev–Trinajstić information content (AvgIpc) is 2.76. The number of rotatable bonds is 2. The highest BCUT2D eigenvalue weighted by Gasteiger charge is 2.14. The lowest BCUT2D eigenvalue weighted by molar-refractivity contribution is 0.384. The third-order valence-corrected chi connectivity index (χ3v) is 3.62.